The first-order valence-corrected chi connectivity index (χ1v) is 9.85. The maximum absolute atomic E-state index is 8.96. The zero-order valence-corrected chi connectivity index (χ0v) is 15.8. The molecular weight excluding hydrogens is 337 g/mol. The average Bonchev–Trinajstić information content (AvgIpc) is 3.02. The molecule has 0 bridgehead atoms. The van der Waals surface area contributed by atoms with Crippen LogP contribution in [-0.4, -0.2) is 54.3 Å². The minimum absolute atomic E-state index is 0.186. The number of likely N-dealkylation sites (tertiary alicyclic amines) is 1. The first-order chi connectivity index (χ1) is 13.1. The SMILES string of the molecule is N[C@H]1CN(CCNc2ccc(-c3ccccc3)cc2)C[C@@H]1CCCB(O)O. The second-order valence-electron chi connectivity index (χ2n) is 7.47. The minimum Gasteiger partial charge on any atom is -0.427 e. The second-order valence-corrected chi connectivity index (χ2v) is 7.47. The van der Waals surface area contributed by atoms with Gasteiger partial charge in [0.1, 0.15) is 0 Å². The van der Waals surface area contributed by atoms with Crippen LogP contribution < -0.4 is 11.1 Å². The van der Waals surface area contributed by atoms with Crippen molar-refractivity contribution in [3.63, 3.8) is 0 Å². The molecule has 2 aromatic carbocycles. The monoisotopic (exact) mass is 367 g/mol. The van der Waals surface area contributed by atoms with Crippen LogP contribution in [0.5, 0.6) is 0 Å². The van der Waals surface area contributed by atoms with E-state index in [0.29, 0.717) is 12.2 Å². The summed E-state index contributed by atoms with van der Waals surface area (Å²) < 4.78 is 0. The Kier molecular flexibility index (Phi) is 7.29. The van der Waals surface area contributed by atoms with E-state index >= 15 is 0 Å². The molecular formula is C21H30BN3O2. The van der Waals surface area contributed by atoms with Crippen LogP contribution in [0.1, 0.15) is 12.8 Å². The highest BCUT2D eigenvalue weighted by Crippen LogP contribution is 2.22. The molecule has 3 rings (SSSR count). The van der Waals surface area contributed by atoms with E-state index in [0.717, 1.165) is 44.7 Å². The maximum Gasteiger partial charge on any atom is 0.451 e. The summed E-state index contributed by atoms with van der Waals surface area (Å²) in [5.41, 5.74) is 9.84. The van der Waals surface area contributed by atoms with Gasteiger partial charge in [0.2, 0.25) is 0 Å². The van der Waals surface area contributed by atoms with Crippen molar-refractivity contribution in [3.8, 4) is 11.1 Å². The normalized spacial score (nSPS) is 20.0. The van der Waals surface area contributed by atoms with Gasteiger partial charge in [-0.1, -0.05) is 48.9 Å². The van der Waals surface area contributed by atoms with E-state index in [9.17, 15) is 0 Å². The third kappa shape index (κ3) is 6.08. The van der Waals surface area contributed by atoms with Gasteiger partial charge in [0.05, 0.1) is 0 Å². The molecule has 1 saturated heterocycles. The van der Waals surface area contributed by atoms with Crippen LogP contribution in [0, 0.1) is 5.92 Å². The Morgan fingerprint density at radius 3 is 2.41 bits per heavy atom. The van der Waals surface area contributed by atoms with Crippen molar-refractivity contribution < 1.29 is 10.0 Å². The van der Waals surface area contributed by atoms with Crippen molar-refractivity contribution in [1.29, 1.82) is 0 Å². The van der Waals surface area contributed by atoms with Crippen LogP contribution in [0.25, 0.3) is 11.1 Å². The number of anilines is 1. The molecule has 0 radical (unpaired) electrons. The molecule has 1 heterocycles. The van der Waals surface area contributed by atoms with E-state index in [2.05, 4.69) is 58.7 Å². The van der Waals surface area contributed by atoms with Gasteiger partial charge in [-0.2, -0.15) is 0 Å². The summed E-state index contributed by atoms with van der Waals surface area (Å²) in [5.74, 6) is 0.453. The van der Waals surface area contributed by atoms with Crippen molar-refractivity contribution in [1.82, 2.24) is 4.90 Å². The number of nitrogens with one attached hydrogen (secondary N) is 1. The van der Waals surface area contributed by atoms with E-state index in [1.165, 1.54) is 11.1 Å². The Morgan fingerprint density at radius 1 is 1.00 bits per heavy atom. The van der Waals surface area contributed by atoms with Gasteiger partial charge in [-0.25, -0.2) is 0 Å². The summed E-state index contributed by atoms with van der Waals surface area (Å²) in [5, 5.41) is 21.4. The summed E-state index contributed by atoms with van der Waals surface area (Å²) >= 11 is 0. The molecule has 144 valence electrons. The molecule has 1 aliphatic heterocycles. The first-order valence-electron chi connectivity index (χ1n) is 9.85. The minimum atomic E-state index is -1.20. The fraction of sp³-hybridized carbons (Fsp3) is 0.429. The predicted octanol–water partition coefficient (Wildman–Crippen LogP) is 2.28. The van der Waals surface area contributed by atoms with Crippen LogP contribution in [0.2, 0.25) is 6.32 Å². The van der Waals surface area contributed by atoms with Crippen molar-refractivity contribution in [2.24, 2.45) is 11.7 Å². The standard InChI is InChI=1S/C21H30BN3O2/c23-21-16-25(15-19(21)7-4-12-22(26)27)14-13-24-20-10-8-18(9-11-20)17-5-2-1-3-6-17/h1-3,5-6,8-11,19,21,24,26-27H,4,7,12-16,23H2/t19-,21-/m0/s1. The lowest BCUT2D eigenvalue weighted by Crippen LogP contribution is -2.31. The van der Waals surface area contributed by atoms with Gasteiger partial charge in [0, 0.05) is 37.9 Å². The lowest BCUT2D eigenvalue weighted by Gasteiger charge is -2.16. The third-order valence-electron chi connectivity index (χ3n) is 5.35. The molecule has 0 unspecified atom stereocenters. The average molecular weight is 367 g/mol. The number of hydrogen-bond acceptors (Lipinski definition) is 5. The molecule has 2 aromatic rings. The lowest BCUT2D eigenvalue weighted by atomic mass is 9.82. The van der Waals surface area contributed by atoms with Crippen LogP contribution in [0.3, 0.4) is 0 Å². The van der Waals surface area contributed by atoms with Crippen LogP contribution in [0.4, 0.5) is 5.69 Å². The molecule has 2 atom stereocenters. The van der Waals surface area contributed by atoms with Crippen molar-refractivity contribution >= 4 is 12.8 Å². The van der Waals surface area contributed by atoms with Crippen LogP contribution in [-0.2, 0) is 0 Å². The Hall–Kier alpha value is -1.86. The molecule has 1 fully saturated rings. The molecule has 0 amide bonds. The van der Waals surface area contributed by atoms with Gasteiger partial charge >= 0.3 is 7.12 Å². The van der Waals surface area contributed by atoms with Gasteiger partial charge in [0.15, 0.2) is 0 Å². The Morgan fingerprint density at radius 2 is 1.70 bits per heavy atom. The van der Waals surface area contributed by atoms with Crippen LogP contribution >= 0.6 is 0 Å². The Labute approximate surface area is 162 Å². The molecule has 27 heavy (non-hydrogen) atoms. The third-order valence-corrected chi connectivity index (χ3v) is 5.35. The molecule has 0 aliphatic carbocycles. The largest absolute Gasteiger partial charge is 0.451 e. The maximum atomic E-state index is 8.96. The van der Waals surface area contributed by atoms with Crippen molar-refractivity contribution in [2.45, 2.75) is 25.2 Å². The van der Waals surface area contributed by atoms with Crippen LogP contribution in [0.15, 0.2) is 54.6 Å². The van der Waals surface area contributed by atoms with E-state index in [4.69, 9.17) is 15.8 Å². The predicted molar refractivity (Wildman–Crippen MR) is 113 cm³/mol. The summed E-state index contributed by atoms with van der Waals surface area (Å²) in [7, 11) is -1.20. The number of nitrogens with zero attached hydrogens (tertiary/aromatic N) is 1. The van der Waals surface area contributed by atoms with Gasteiger partial charge in [-0.3, -0.25) is 4.90 Å². The topological polar surface area (TPSA) is 81.8 Å². The van der Waals surface area contributed by atoms with Gasteiger partial charge < -0.3 is 21.1 Å². The summed E-state index contributed by atoms with van der Waals surface area (Å²) in [6.45, 7) is 3.77. The van der Waals surface area contributed by atoms with E-state index in [-0.39, 0.29) is 6.04 Å². The highest BCUT2D eigenvalue weighted by molar-refractivity contribution is 6.40. The summed E-state index contributed by atoms with van der Waals surface area (Å²) in [4.78, 5) is 2.40. The first kappa shape index (κ1) is 19.9. The zero-order chi connectivity index (χ0) is 19.1. The molecule has 0 saturated carbocycles. The summed E-state index contributed by atoms with van der Waals surface area (Å²) in [6, 6.07) is 19.1. The van der Waals surface area contributed by atoms with E-state index < -0.39 is 7.12 Å². The van der Waals surface area contributed by atoms with Gasteiger partial charge in [-0.05, 0) is 41.9 Å². The number of rotatable bonds is 9. The number of benzene rings is 2. The highest BCUT2D eigenvalue weighted by Gasteiger charge is 2.29. The zero-order valence-electron chi connectivity index (χ0n) is 15.8. The molecule has 0 aromatic heterocycles. The highest BCUT2D eigenvalue weighted by atomic mass is 16.4. The smallest absolute Gasteiger partial charge is 0.427 e. The summed E-state index contributed by atoms with van der Waals surface area (Å²) in [6.07, 6.45) is 2.21. The Bertz CT molecular complexity index is 682. The lowest BCUT2D eigenvalue weighted by molar-refractivity contribution is 0.331. The molecule has 5 nitrogen and oxygen atoms in total. The fourth-order valence-corrected chi connectivity index (χ4v) is 3.81. The van der Waals surface area contributed by atoms with Gasteiger partial charge in [-0.15, -0.1) is 0 Å². The second kappa shape index (κ2) is 9.90. The van der Waals surface area contributed by atoms with Gasteiger partial charge in [0.25, 0.3) is 0 Å². The van der Waals surface area contributed by atoms with E-state index in [1.807, 2.05) is 6.07 Å². The number of hydrogen-bond donors (Lipinski definition) is 4. The molecule has 1 aliphatic rings. The number of nitrogens with two attached hydrogens (primary N) is 1. The molecule has 6 heteroatoms. The van der Waals surface area contributed by atoms with Crippen molar-refractivity contribution in [2.75, 3.05) is 31.5 Å². The fourth-order valence-electron chi connectivity index (χ4n) is 3.81. The Balaban J connectivity index is 1.40. The van der Waals surface area contributed by atoms with Crippen molar-refractivity contribution in [3.05, 3.63) is 54.6 Å². The van der Waals surface area contributed by atoms with E-state index in [1.54, 1.807) is 0 Å². The molecule has 5 N–H and O–H groups in total. The quantitative estimate of drug-likeness (QED) is 0.512. The molecule has 0 spiro atoms.